The van der Waals surface area contributed by atoms with Crippen LogP contribution in [0.2, 0.25) is 0 Å². The first kappa shape index (κ1) is 18.9. The number of nitrogens with zero attached hydrogens (tertiary/aromatic N) is 2. The molecule has 1 fully saturated rings. The van der Waals surface area contributed by atoms with Gasteiger partial charge in [0.15, 0.2) is 5.17 Å². The number of amides is 1. The molecule has 1 aliphatic heterocycles. The molecule has 2 aromatic rings. The van der Waals surface area contributed by atoms with E-state index in [1.807, 2.05) is 0 Å². The Morgan fingerprint density at radius 3 is 2.26 bits per heavy atom. The van der Waals surface area contributed by atoms with E-state index in [0.717, 1.165) is 22.7 Å². The first-order chi connectivity index (χ1) is 12.9. The highest BCUT2D eigenvalue weighted by Crippen LogP contribution is 2.35. The summed E-state index contributed by atoms with van der Waals surface area (Å²) in [6.45, 7) is 0. The average Bonchev–Trinajstić information content (AvgIpc) is 2.97. The van der Waals surface area contributed by atoms with E-state index in [2.05, 4.69) is 9.13 Å². The maximum Gasteiger partial charge on any atom is 0.331 e. The largest absolute Gasteiger partial charge is 0.466 e. The van der Waals surface area contributed by atoms with Gasteiger partial charge in [0.2, 0.25) is 0 Å². The fourth-order valence-corrected chi connectivity index (χ4v) is 4.40. The normalized spacial score (nSPS) is 17.5. The molecule has 0 N–H and O–H groups in total. The number of thioether (sulfide) groups is 1. The molecule has 9 heteroatoms. The van der Waals surface area contributed by atoms with E-state index in [1.54, 1.807) is 48.5 Å². The summed E-state index contributed by atoms with van der Waals surface area (Å²) in [5.74, 6) is -1.27. The lowest BCUT2D eigenvalue weighted by Crippen LogP contribution is -2.29. The lowest BCUT2D eigenvalue weighted by molar-refractivity contribution is -0.135. The summed E-state index contributed by atoms with van der Waals surface area (Å²) in [4.78, 5) is 25.5. The van der Waals surface area contributed by atoms with Crippen LogP contribution in [0.4, 0.5) is 5.69 Å². The van der Waals surface area contributed by atoms with Crippen molar-refractivity contribution in [3.05, 3.63) is 71.6 Å². The summed E-state index contributed by atoms with van der Waals surface area (Å²) in [5.41, 5.74) is 0.435. The summed E-state index contributed by atoms with van der Waals surface area (Å²) < 4.78 is 33.6. The number of para-hydroxylation sites is 1. The van der Waals surface area contributed by atoms with E-state index in [1.165, 1.54) is 19.2 Å². The smallest absolute Gasteiger partial charge is 0.331 e. The Bertz CT molecular complexity index is 1030. The van der Waals surface area contributed by atoms with E-state index in [-0.39, 0.29) is 15.0 Å². The van der Waals surface area contributed by atoms with Crippen LogP contribution in [0.5, 0.6) is 0 Å². The van der Waals surface area contributed by atoms with Gasteiger partial charge in [-0.15, -0.1) is 4.40 Å². The molecular weight excluding hydrogens is 388 g/mol. The molecular formula is C18H14N2O5S2. The van der Waals surface area contributed by atoms with Crippen LogP contribution in [-0.2, 0) is 24.3 Å². The zero-order chi connectivity index (χ0) is 19.4. The van der Waals surface area contributed by atoms with Crippen LogP contribution >= 0.6 is 11.8 Å². The number of benzene rings is 2. The van der Waals surface area contributed by atoms with Crippen molar-refractivity contribution >= 4 is 44.5 Å². The van der Waals surface area contributed by atoms with E-state index < -0.39 is 21.9 Å². The van der Waals surface area contributed by atoms with Crippen LogP contribution in [0.15, 0.2) is 80.9 Å². The molecule has 1 saturated heterocycles. The molecule has 0 radical (unpaired) electrons. The van der Waals surface area contributed by atoms with Gasteiger partial charge in [0.1, 0.15) is 0 Å². The fourth-order valence-electron chi connectivity index (χ4n) is 2.25. The molecule has 1 amide bonds. The van der Waals surface area contributed by atoms with Crippen LogP contribution < -0.4 is 4.90 Å². The zero-order valence-electron chi connectivity index (χ0n) is 14.1. The van der Waals surface area contributed by atoms with Crippen LogP contribution in [0.1, 0.15) is 0 Å². The molecule has 138 valence electrons. The van der Waals surface area contributed by atoms with Crippen molar-refractivity contribution in [2.75, 3.05) is 12.0 Å². The van der Waals surface area contributed by atoms with Gasteiger partial charge < -0.3 is 4.74 Å². The quantitative estimate of drug-likeness (QED) is 0.576. The zero-order valence-corrected chi connectivity index (χ0v) is 15.7. The molecule has 1 aliphatic rings. The number of hydrogen-bond donors (Lipinski definition) is 0. The third kappa shape index (κ3) is 4.09. The van der Waals surface area contributed by atoms with Crippen LogP contribution in [-0.4, -0.2) is 32.6 Å². The van der Waals surface area contributed by atoms with Crippen LogP contribution in [0.25, 0.3) is 0 Å². The molecule has 0 bridgehead atoms. The molecule has 27 heavy (non-hydrogen) atoms. The van der Waals surface area contributed by atoms with Gasteiger partial charge in [0.25, 0.3) is 15.9 Å². The average molecular weight is 402 g/mol. The SMILES string of the molecule is COC(=O)/C=C1\S/C(=N\S(=O)(=O)c2ccccc2)N(c2ccccc2)C1=O. The molecule has 1 heterocycles. The highest BCUT2D eigenvalue weighted by atomic mass is 32.2. The molecule has 0 spiro atoms. The van der Waals surface area contributed by atoms with E-state index in [0.29, 0.717) is 5.69 Å². The summed E-state index contributed by atoms with van der Waals surface area (Å²) in [6, 6.07) is 16.1. The van der Waals surface area contributed by atoms with E-state index in [4.69, 9.17) is 0 Å². The lowest BCUT2D eigenvalue weighted by Gasteiger charge is -2.15. The first-order valence-electron chi connectivity index (χ1n) is 7.69. The van der Waals surface area contributed by atoms with Crippen molar-refractivity contribution in [2.24, 2.45) is 4.40 Å². The second-order valence-electron chi connectivity index (χ2n) is 5.27. The molecule has 0 atom stereocenters. The minimum absolute atomic E-state index is 0.00366. The number of methoxy groups -OCH3 is 1. The van der Waals surface area contributed by atoms with Crippen molar-refractivity contribution in [2.45, 2.75) is 4.90 Å². The van der Waals surface area contributed by atoms with Crippen LogP contribution in [0.3, 0.4) is 0 Å². The molecule has 2 aromatic carbocycles. The minimum atomic E-state index is -4.04. The van der Waals surface area contributed by atoms with Gasteiger partial charge in [-0.05, 0) is 36.0 Å². The topological polar surface area (TPSA) is 93.1 Å². The second-order valence-corrected chi connectivity index (χ2v) is 7.89. The van der Waals surface area contributed by atoms with Crippen LogP contribution in [0, 0.1) is 0 Å². The number of carbonyl (C=O) groups is 2. The van der Waals surface area contributed by atoms with Crippen molar-refractivity contribution in [3.8, 4) is 0 Å². The Morgan fingerprint density at radius 2 is 1.67 bits per heavy atom. The van der Waals surface area contributed by atoms with E-state index >= 15 is 0 Å². The van der Waals surface area contributed by atoms with E-state index in [9.17, 15) is 18.0 Å². The summed E-state index contributed by atoms with van der Waals surface area (Å²) in [5, 5.41) is -0.0646. The maximum atomic E-state index is 12.7. The molecule has 0 saturated carbocycles. The van der Waals surface area contributed by atoms with Crippen molar-refractivity contribution in [1.29, 1.82) is 0 Å². The summed E-state index contributed by atoms with van der Waals surface area (Å²) in [6.07, 6.45) is 1.01. The summed E-state index contributed by atoms with van der Waals surface area (Å²) >= 11 is 0.794. The Balaban J connectivity index is 2.09. The molecule has 3 rings (SSSR count). The fraction of sp³-hybridized carbons (Fsp3) is 0.0556. The van der Waals surface area contributed by atoms with Crippen molar-refractivity contribution < 1.29 is 22.7 Å². The minimum Gasteiger partial charge on any atom is -0.466 e. The number of rotatable bonds is 4. The highest BCUT2D eigenvalue weighted by Gasteiger charge is 2.36. The number of hydrogen-bond acceptors (Lipinski definition) is 6. The number of amidine groups is 1. The Labute approximate surface area is 160 Å². The lowest BCUT2D eigenvalue weighted by atomic mass is 10.3. The Hall–Kier alpha value is -2.91. The Kier molecular flexibility index (Phi) is 5.43. The number of esters is 1. The van der Waals surface area contributed by atoms with Gasteiger partial charge in [-0.1, -0.05) is 36.4 Å². The Morgan fingerprint density at radius 1 is 1.07 bits per heavy atom. The highest BCUT2D eigenvalue weighted by molar-refractivity contribution is 8.19. The standard InChI is InChI=1S/C18H14N2O5S2/c1-25-16(21)12-15-17(22)20(13-8-4-2-5-9-13)18(26-15)19-27(23,24)14-10-6-3-7-11-14/h2-12H,1H3/b15-12-,19-18-. The van der Waals surface area contributed by atoms with Gasteiger partial charge in [-0.25, -0.2) is 4.79 Å². The number of carbonyl (C=O) groups excluding carboxylic acids is 2. The van der Waals surface area contributed by atoms with Gasteiger partial charge in [0.05, 0.1) is 22.6 Å². The third-order valence-electron chi connectivity index (χ3n) is 3.51. The first-order valence-corrected chi connectivity index (χ1v) is 9.95. The number of sulfonamides is 1. The molecule has 0 unspecified atom stereocenters. The predicted octanol–water partition coefficient (Wildman–Crippen LogP) is 2.57. The molecule has 7 nitrogen and oxygen atoms in total. The molecule has 0 aliphatic carbocycles. The van der Waals surface area contributed by atoms with Gasteiger partial charge in [0, 0.05) is 6.08 Å². The van der Waals surface area contributed by atoms with Crippen molar-refractivity contribution in [3.63, 3.8) is 0 Å². The molecule has 0 aromatic heterocycles. The van der Waals surface area contributed by atoms with Gasteiger partial charge in [-0.3, -0.25) is 9.69 Å². The third-order valence-corrected chi connectivity index (χ3v) is 5.88. The number of anilines is 1. The number of ether oxygens (including phenoxy) is 1. The van der Waals surface area contributed by atoms with Crippen molar-refractivity contribution in [1.82, 2.24) is 0 Å². The maximum absolute atomic E-state index is 12.7. The van der Waals surface area contributed by atoms with Gasteiger partial charge in [-0.2, -0.15) is 8.42 Å². The predicted molar refractivity (Wildman–Crippen MR) is 103 cm³/mol. The monoisotopic (exact) mass is 402 g/mol. The van der Waals surface area contributed by atoms with Gasteiger partial charge >= 0.3 is 5.97 Å². The summed E-state index contributed by atoms with van der Waals surface area (Å²) in [7, 11) is -2.85. The second kappa shape index (κ2) is 7.77.